The van der Waals surface area contributed by atoms with E-state index >= 15 is 0 Å². The topological polar surface area (TPSA) is 43.7 Å². The minimum atomic E-state index is 0.738. The van der Waals surface area contributed by atoms with Crippen molar-refractivity contribution in [1.29, 1.82) is 0 Å². The van der Waals surface area contributed by atoms with Crippen molar-refractivity contribution >= 4 is 32.9 Å². The molecule has 5 heteroatoms. The molecule has 0 bridgehead atoms. The number of hydrogen-bond acceptors (Lipinski definition) is 5. The van der Waals surface area contributed by atoms with E-state index in [1.807, 2.05) is 48.7 Å². The number of ether oxygens (including phenoxy) is 2. The van der Waals surface area contributed by atoms with Crippen LogP contribution in [0.25, 0.3) is 10.2 Å². The molecule has 124 valence electrons. The normalized spacial score (nSPS) is 11.2. The monoisotopic (exact) mass is 340 g/mol. The third kappa shape index (κ3) is 4.11. The standard InChI is InChI=1S/C19H20N2O2S/c1-3-4-11-23-15-7-5-14(6-8-15)13-20-19-21-17-10-9-16(22-2)12-18(17)24-19/h5-10,12-13H,3-4,11H2,1-2H3. The molecule has 24 heavy (non-hydrogen) atoms. The minimum absolute atomic E-state index is 0.738. The fourth-order valence-electron chi connectivity index (χ4n) is 2.19. The van der Waals surface area contributed by atoms with E-state index in [1.54, 1.807) is 18.4 Å². The molecule has 0 unspecified atom stereocenters. The second-order valence-electron chi connectivity index (χ2n) is 5.36. The van der Waals surface area contributed by atoms with Gasteiger partial charge in [0.1, 0.15) is 11.5 Å². The predicted octanol–water partition coefficient (Wildman–Crippen LogP) is 5.23. The Kier molecular flexibility index (Phi) is 5.43. The van der Waals surface area contributed by atoms with Crippen LogP contribution in [0.1, 0.15) is 25.3 Å². The zero-order valence-electron chi connectivity index (χ0n) is 13.9. The van der Waals surface area contributed by atoms with E-state index in [4.69, 9.17) is 9.47 Å². The third-order valence-corrected chi connectivity index (χ3v) is 4.48. The lowest BCUT2D eigenvalue weighted by Crippen LogP contribution is -1.96. The van der Waals surface area contributed by atoms with Gasteiger partial charge < -0.3 is 9.47 Å². The highest BCUT2D eigenvalue weighted by Gasteiger charge is 2.03. The molecule has 3 rings (SSSR count). The van der Waals surface area contributed by atoms with E-state index in [1.165, 1.54) is 0 Å². The maximum atomic E-state index is 5.66. The Morgan fingerprint density at radius 1 is 1.12 bits per heavy atom. The van der Waals surface area contributed by atoms with Crippen molar-refractivity contribution in [3.8, 4) is 11.5 Å². The predicted molar refractivity (Wildman–Crippen MR) is 100 cm³/mol. The van der Waals surface area contributed by atoms with E-state index in [0.29, 0.717) is 0 Å². The molecule has 3 aromatic rings. The zero-order valence-corrected chi connectivity index (χ0v) is 14.7. The lowest BCUT2D eigenvalue weighted by atomic mass is 10.2. The van der Waals surface area contributed by atoms with Crippen LogP contribution in [-0.4, -0.2) is 24.9 Å². The largest absolute Gasteiger partial charge is 0.497 e. The van der Waals surface area contributed by atoms with Gasteiger partial charge in [-0.15, -0.1) is 0 Å². The fraction of sp³-hybridized carbons (Fsp3) is 0.263. The van der Waals surface area contributed by atoms with Crippen LogP contribution in [0, 0.1) is 0 Å². The van der Waals surface area contributed by atoms with Crippen molar-refractivity contribution in [3.63, 3.8) is 0 Å². The SMILES string of the molecule is CCCCOc1ccc(C=Nc2nc3ccc(OC)cc3s2)cc1. The number of thiazole rings is 1. The van der Waals surface area contributed by atoms with Crippen LogP contribution in [0.4, 0.5) is 5.13 Å². The average molecular weight is 340 g/mol. The van der Waals surface area contributed by atoms with Gasteiger partial charge in [0.25, 0.3) is 0 Å². The van der Waals surface area contributed by atoms with Gasteiger partial charge in [-0.25, -0.2) is 9.98 Å². The van der Waals surface area contributed by atoms with Crippen molar-refractivity contribution < 1.29 is 9.47 Å². The summed E-state index contributed by atoms with van der Waals surface area (Å²) in [5.41, 5.74) is 1.96. The van der Waals surface area contributed by atoms with Crippen LogP contribution in [0.3, 0.4) is 0 Å². The Bertz CT molecular complexity index is 825. The van der Waals surface area contributed by atoms with Gasteiger partial charge in [-0.1, -0.05) is 24.7 Å². The molecule has 0 atom stereocenters. The van der Waals surface area contributed by atoms with Gasteiger partial charge in [0.05, 0.1) is 23.9 Å². The van der Waals surface area contributed by atoms with Crippen LogP contribution < -0.4 is 9.47 Å². The van der Waals surface area contributed by atoms with Crippen LogP contribution >= 0.6 is 11.3 Å². The minimum Gasteiger partial charge on any atom is -0.497 e. The summed E-state index contributed by atoms with van der Waals surface area (Å²) in [6.07, 6.45) is 4.04. The molecule has 1 heterocycles. The van der Waals surface area contributed by atoms with E-state index in [0.717, 1.165) is 51.9 Å². The van der Waals surface area contributed by atoms with Gasteiger partial charge in [0, 0.05) is 6.21 Å². The molecule has 4 nitrogen and oxygen atoms in total. The second-order valence-corrected chi connectivity index (χ2v) is 6.37. The van der Waals surface area contributed by atoms with Gasteiger partial charge >= 0.3 is 0 Å². The van der Waals surface area contributed by atoms with Crippen LogP contribution in [0.15, 0.2) is 47.5 Å². The van der Waals surface area contributed by atoms with E-state index in [2.05, 4.69) is 16.9 Å². The van der Waals surface area contributed by atoms with Crippen LogP contribution in [0.5, 0.6) is 11.5 Å². The summed E-state index contributed by atoms with van der Waals surface area (Å²) >= 11 is 1.55. The smallest absolute Gasteiger partial charge is 0.210 e. The number of benzene rings is 2. The Labute approximate surface area is 145 Å². The number of methoxy groups -OCH3 is 1. The fourth-order valence-corrected chi connectivity index (χ4v) is 3.03. The van der Waals surface area contributed by atoms with Gasteiger partial charge in [0.2, 0.25) is 5.13 Å². The average Bonchev–Trinajstić information content (AvgIpc) is 3.03. The molecule has 1 aromatic heterocycles. The third-order valence-electron chi connectivity index (χ3n) is 3.56. The lowest BCUT2D eigenvalue weighted by Gasteiger charge is -2.04. The number of nitrogens with zero attached hydrogens (tertiary/aromatic N) is 2. The summed E-state index contributed by atoms with van der Waals surface area (Å²) in [5.74, 6) is 1.73. The summed E-state index contributed by atoms with van der Waals surface area (Å²) in [6, 6.07) is 13.8. The first kappa shape index (κ1) is 16.5. The lowest BCUT2D eigenvalue weighted by molar-refractivity contribution is 0.309. The molecule has 0 aliphatic heterocycles. The number of rotatable bonds is 7. The van der Waals surface area contributed by atoms with Gasteiger partial charge in [-0.3, -0.25) is 0 Å². The summed E-state index contributed by atoms with van der Waals surface area (Å²) in [6.45, 7) is 2.92. The Morgan fingerprint density at radius 3 is 2.67 bits per heavy atom. The first-order chi connectivity index (χ1) is 11.8. The highest BCUT2D eigenvalue weighted by atomic mass is 32.1. The zero-order chi connectivity index (χ0) is 16.8. The van der Waals surface area contributed by atoms with Gasteiger partial charge in [-0.2, -0.15) is 0 Å². The Hall–Kier alpha value is -2.40. The Balaban J connectivity index is 1.68. The summed E-state index contributed by atoms with van der Waals surface area (Å²) in [7, 11) is 1.66. The highest BCUT2D eigenvalue weighted by Crippen LogP contribution is 2.30. The summed E-state index contributed by atoms with van der Waals surface area (Å²) in [5, 5.41) is 0.738. The maximum Gasteiger partial charge on any atom is 0.210 e. The van der Waals surface area contributed by atoms with E-state index in [9.17, 15) is 0 Å². The molecule has 0 saturated heterocycles. The van der Waals surface area contributed by atoms with Crippen molar-refractivity contribution in [3.05, 3.63) is 48.0 Å². The molecule has 2 aromatic carbocycles. The molecular formula is C19H20N2O2S. The molecule has 0 spiro atoms. The first-order valence-electron chi connectivity index (χ1n) is 8.00. The number of fused-ring (bicyclic) bond motifs is 1. The maximum absolute atomic E-state index is 5.66. The second kappa shape index (κ2) is 7.93. The molecule has 0 amide bonds. The van der Waals surface area contributed by atoms with Crippen LogP contribution in [-0.2, 0) is 0 Å². The molecule has 0 aliphatic carbocycles. The molecule has 0 fully saturated rings. The van der Waals surface area contributed by atoms with Crippen molar-refractivity contribution in [2.75, 3.05) is 13.7 Å². The molecule has 0 aliphatic rings. The van der Waals surface area contributed by atoms with Crippen LogP contribution in [0.2, 0.25) is 0 Å². The molecule has 0 N–H and O–H groups in total. The quantitative estimate of drug-likeness (QED) is 0.437. The highest BCUT2D eigenvalue weighted by molar-refractivity contribution is 7.22. The van der Waals surface area contributed by atoms with Gasteiger partial charge in [0.15, 0.2) is 0 Å². The number of aliphatic imine (C=N–C) groups is 1. The molecule has 0 saturated carbocycles. The number of aromatic nitrogens is 1. The molecular weight excluding hydrogens is 320 g/mol. The summed E-state index contributed by atoms with van der Waals surface area (Å²) in [4.78, 5) is 8.99. The van der Waals surface area contributed by atoms with Crippen molar-refractivity contribution in [2.45, 2.75) is 19.8 Å². The summed E-state index contributed by atoms with van der Waals surface area (Å²) < 4.78 is 12.0. The Morgan fingerprint density at radius 2 is 1.92 bits per heavy atom. The number of hydrogen-bond donors (Lipinski definition) is 0. The van der Waals surface area contributed by atoms with Crippen molar-refractivity contribution in [2.24, 2.45) is 4.99 Å². The first-order valence-corrected chi connectivity index (χ1v) is 8.81. The van der Waals surface area contributed by atoms with Crippen molar-refractivity contribution in [1.82, 2.24) is 4.98 Å². The molecule has 0 radical (unpaired) electrons. The van der Waals surface area contributed by atoms with E-state index < -0.39 is 0 Å². The number of unbranched alkanes of at least 4 members (excludes halogenated alkanes) is 1. The van der Waals surface area contributed by atoms with Gasteiger partial charge in [-0.05, 0) is 54.4 Å². The van der Waals surface area contributed by atoms with E-state index in [-0.39, 0.29) is 0 Å².